The summed E-state index contributed by atoms with van der Waals surface area (Å²) in [5, 5.41) is 13.7. The number of hydrogen-bond acceptors (Lipinski definition) is 4. The molecule has 1 aliphatic heterocycles. The molecule has 4 nitrogen and oxygen atoms in total. The first-order valence-electron chi connectivity index (χ1n) is 5.34. The summed E-state index contributed by atoms with van der Waals surface area (Å²) < 4.78 is 5.21. The van der Waals surface area contributed by atoms with Crippen LogP contribution in [-0.2, 0) is 4.74 Å². The fourth-order valence-electron chi connectivity index (χ4n) is 2.64. The van der Waals surface area contributed by atoms with Gasteiger partial charge in [0.2, 0.25) is 0 Å². The number of ether oxygens (including phenoxy) is 1. The van der Waals surface area contributed by atoms with Crippen molar-refractivity contribution in [2.45, 2.75) is 42.9 Å². The summed E-state index contributed by atoms with van der Waals surface area (Å²) in [4.78, 5) is 0. The number of nitrogens with two attached hydrogens (primary N) is 1. The average molecular weight is 200 g/mol. The SMILES string of the molecule is COC1CC(N)(C2(O)CCNCC2)C1. The van der Waals surface area contributed by atoms with E-state index in [0.717, 1.165) is 38.8 Å². The zero-order valence-corrected chi connectivity index (χ0v) is 8.75. The maximum Gasteiger partial charge on any atom is 0.0852 e. The van der Waals surface area contributed by atoms with Crippen LogP contribution in [0.3, 0.4) is 0 Å². The molecule has 4 heteroatoms. The molecule has 0 aromatic rings. The van der Waals surface area contributed by atoms with Crippen molar-refractivity contribution in [3.8, 4) is 0 Å². The summed E-state index contributed by atoms with van der Waals surface area (Å²) in [5.74, 6) is 0. The number of aliphatic hydroxyl groups is 1. The van der Waals surface area contributed by atoms with Gasteiger partial charge in [0.05, 0.1) is 11.7 Å². The van der Waals surface area contributed by atoms with Crippen LogP contribution in [0, 0.1) is 0 Å². The van der Waals surface area contributed by atoms with Crippen LogP contribution in [0.2, 0.25) is 0 Å². The highest BCUT2D eigenvalue weighted by Crippen LogP contribution is 2.44. The Hall–Kier alpha value is -0.160. The predicted molar refractivity (Wildman–Crippen MR) is 54.0 cm³/mol. The molecule has 0 amide bonds. The minimum atomic E-state index is -0.673. The minimum absolute atomic E-state index is 0.249. The fraction of sp³-hybridized carbons (Fsp3) is 1.00. The van der Waals surface area contributed by atoms with Crippen LogP contribution < -0.4 is 11.1 Å². The quantitative estimate of drug-likeness (QED) is 0.568. The van der Waals surface area contributed by atoms with Gasteiger partial charge < -0.3 is 20.9 Å². The number of methoxy groups -OCH3 is 1. The smallest absolute Gasteiger partial charge is 0.0852 e. The van der Waals surface area contributed by atoms with Crippen molar-refractivity contribution in [1.82, 2.24) is 5.32 Å². The molecule has 14 heavy (non-hydrogen) atoms. The van der Waals surface area contributed by atoms with Crippen molar-refractivity contribution in [2.75, 3.05) is 20.2 Å². The van der Waals surface area contributed by atoms with Crippen molar-refractivity contribution >= 4 is 0 Å². The molecule has 0 spiro atoms. The Bertz CT molecular complexity index is 208. The Labute approximate surface area is 84.8 Å². The maximum atomic E-state index is 10.4. The van der Waals surface area contributed by atoms with E-state index < -0.39 is 11.1 Å². The summed E-state index contributed by atoms with van der Waals surface area (Å²) in [6, 6.07) is 0. The van der Waals surface area contributed by atoms with Gasteiger partial charge in [-0.1, -0.05) is 0 Å². The molecule has 0 aromatic heterocycles. The first kappa shape index (κ1) is 10.4. The van der Waals surface area contributed by atoms with Gasteiger partial charge in [-0.25, -0.2) is 0 Å². The van der Waals surface area contributed by atoms with Gasteiger partial charge in [0, 0.05) is 12.6 Å². The third kappa shape index (κ3) is 1.46. The van der Waals surface area contributed by atoms with Crippen LogP contribution >= 0.6 is 0 Å². The van der Waals surface area contributed by atoms with E-state index in [0.29, 0.717) is 0 Å². The second-order valence-electron chi connectivity index (χ2n) is 4.70. The Balaban J connectivity index is 1.99. The highest BCUT2D eigenvalue weighted by atomic mass is 16.5. The average Bonchev–Trinajstić information content (AvgIpc) is 2.14. The molecule has 1 saturated carbocycles. The Morgan fingerprint density at radius 3 is 2.43 bits per heavy atom. The highest BCUT2D eigenvalue weighted by molar-refractivity contribution is 5.13. The lowest BCUT2D eigenvalue weighted by molar-refractivity contribution is -0.138. The second-order valence-corrected chi connectivity index (χ2v) is 4.70. The molecule has 0 bridgehead atoms. The second kappa shape index (κ2) is 3.45. The molecule has 1 heterocycles. The lowest BCUT2D eigenvalue weighted by Gasteiger charge is -2.55. The molecule has 0 atom stereocenters. The number of piperidine rings is 1. The predicted octanol–water partition coefficient (Wildman–Crippen LogP) is -0.393. The van der Waals surface area contributed by atoms with Gasteiger partial charge >= 0.3 is 0 Å². The zero-order chi connectivity index (χ0) is 10.2. The zero-order valence-electron chi connectivity index (χ0n) is 8.75. The minimum Gasteiger partial charge on any atom is -0.388 e. The molecule has 82 valence electrons. The topological polar surface area (TPSA) is 67.5 Å². The third-order valence-corrected chi connectivity index (χ3v) is 3.87. The molecule has 4 N–H and O–H groups in total. The lowest BCUT2D eigenvalue weighted by atomic mass is 9.61. The van der Waals surface area contributed by atoms with Crippen LogP contribution in [0.1, 0.15) is 25.7 Å². The molecule has 2 rings (SSSR count). The Morgan fingerprint density at radius 2 is 1.93 bits per heavy atom. The summed E-state index contributed by atoms with van der Waals surface area (Å²) in [6.07, 6.45) is 3.36. The normalized spacial score (nSPS) is 41.8. The summed E-state index contributed by atoms with van der Waals surface area (Å²) in [6.45, 7) is 1.74. The van der Waals surface area contributed by atoms with Crippen molar-refractivity contribution in [3.63, 3.8) is 0 Å². The third-order valence-electron chi connectivity index (χ3n) is 3.87. The molecule has 0 aromatic carbocycles. The van der Waals surface area contributed by atoms with E-state index in [1.54, 1.807) is 7.11 Å². The molecule has 1 saturated heterocycles. The monoisotopic (exact) mass is 200 g/mol. The van der Waals surface area contributed by atoms with Gasteiger partial charge in [-0.15, -0.1) is 0 Å². The van der Waals surface area contributed by atoms with Crippen LogP contribution in [0.4, 0.5) is 0 Å². The van der Waals surface area contributed by atoms with Crippen molar-refractivity contribution in [1.29, 1.82) is 0 Å². The summed E-state index contributed by atoms with van der Waals surface area (Å²) in [5.41, 5.74) is 5.14. The number of nitrogens with one attached hydrogen (secondary N) is 1. The molecule has 1 aliphatic carbocycles. The van der Waals surface area contributed by atoms with Gasteiger partial charge in [0.25, 0.3) is 0 Å². The van der Waals surface area contributed by atoms with E-state index in [2.05, 4.69) is 5.32 Å². The van der Waals surface area contributed by atoms with Gasteiger partial charge in [-0.2, -0.15) is 0 Å². The Kier molecular flexibility index (Phi) is 2.55. The van der Waals surface area contributed by atoms with Crippen LogP contribution in [-0.4, -0.2) is 42.5 Å². The van der Waals surface area contributed by atoms with E-state index in [1.165, 1.54) is 0 Å². The number of rotatable bonds is 2. The summed E-state index contributed by atoms with van der Waals surface area (Å²) >= 11 is 0. The summed E-state index contributed by atoms with van der Waals surface area (Å²) in [7, 11) is 1.71. The molecular formula is C10H20N2O2. The van der Waals surface area contributed by atoms with Crippen LogP contribution in [0.25, 0.3) is 0 Å². The van der Waals surface area contributed by atoms with E-state index in [1.807, 2.05) is 0 Å². The fourth-order valence-corrected chi connectivity index (χ4v) is 2.64. The largest absolute Gasteiger partial charge is 0.388 e. The lowest BCUT2D eigenvalue weighted by Crippen LogP contribution is -2.71. The van der Waals surface area contributed by atoms with Crippen molar-refractivity contribution < 1.29 is 9.84 Å². The maximum absolute atomic E-state index is 10.4. The van der Waals surface area contributed by atoms with Crippen LogP contribution in [0.5, 0.6) is 0 Å². The van der Waals surface area contributed by atoms with E-state index in [-0.39, 0.29) is 6.10 Å². The van der Waals surface area contributed by atoms with Gasteiger partial charge in [-0.3, -0.25) is 0 Å². The number of hydrogen-bond donors (Lipinski definition) is 3. The molecule has 0 radical (unpaired) electrons. The molecule has 0 unspecified atom stereocenters. The molecule has 2 aliphatic rings. The van der Waals surface area contributed by atoms with E-state index >= 15 is 0 Å². The van der Waals surface area contributed by atoms with Crippen molar-refractivity contribution in [3.05, 3.63) is 0 Å². The van der Waals surface area contributed by atoms with Gasteiger partial charge in [-0.05, 0) is 38.8 Å². The van der Waals surface area contributed by atoms with Crippen molar-refractivity contribution in [2.24, 2.45) is 5.73 Å². The standard InChI is InChI=1S/C10H20N2O2/c1-14-8-6-9(11,7-8)10(13)2-4-12-5-3-10/h8,12-13H,2-7,11H2,1H3. The van der Waals surface area contributed by atoms with Gasteiger partial charge in [0.15, 0.2) is 0 Å². The van der Waals surface area contributed by atoms with E-state index in [4.69, 9.17) is 10.5 Å². The van der Waals surface area contributed by atoms with Crippen LogP contribution in [0.15, 0.2) is 0 Å². The van der Waals surface area contributed by atoms with E-state index in [9.17, 15) is 5.11 Å². The Morgan fingerprint density at radius 1 is 1.36 bits per heavy atom. The van der Waals surface area contributed by atoms with Gasteiger partial charge in [0.1, 0.15) is 0 Å². The first-order chi connectivity index (χ1) is 6.60. The molecular weight excluding hydrogens is 180 g/mol. The highest BCUT2D eigenvalue weighted by Gasteiger charge is 2.55. The molecule has 2 fully saturated rings. The first-order valence-corrected chi connectivity index (χ1v) is 5.34.